The second-order valence-electron chi connectivity index (χ2n) is 6.29. The lowest BCUT2D eigenvalue weighted by Crippen LogP contribution is -2.49. The Balaban J connectivity index is 1.56. The Kier molecular flexibility index (Phi) is 7.54. The molecule has 0 aromatic carbocycles. The molecule has 2 aliphatic rings. The van der Waals surface area contributed by atoms with Gasteiger partial charge in [0.1, 0.15) is 0 Å². The first kappa shape index (κ1) is 17.9. The predicted molar refractivity (Wildman–Crippen MR) is 85.5 cm³/mol. The van der Waals surface area contributed by atoms with Crippen LogP contribution in [0.1, 0.15) is 32.1 Å². The number of rotatable bonds is 8. The summed E-state index contributed by atoms with van der Waals surface area (Å²) in [5.74, 6) is 0.256. The molecule has 0 aliphatic carbocycles. The van der Waals surface area contributed by atoms with Crippen molar-refractivity contribution >= 4 is 5.91 Å². The number of nitrogens with zero attached hydrogens (tertiary/aromatic N) is 4. The smallest absolute Gasteiger partial charge is 0.294 e. The maximum Gasteiger partial charge on any atom is 0.294 e. The lowest BCUT2D eigenvalue weighted by Gasteiger charge is -2.35. The summed E-state index contributed by atoms with van der Waals surface area (Å²) in [6.07, 6.45) is 5.10. The van der Waals surface area contributed by atoms with Crippen molar-refractivity contribution in [2.24, 2.45) is 0 Å². The van der Waals surface area contributed by atoms with E-state index in [2.05, 4.69) is 14.6 Å². The molecular weight excluding hydrogens is 300 g/mol. The molecular formula is C15H28N4O4. The van der Waals surface area contributed by atoms with Gasteiger partial charge in [0.15, 0.2) is 0 Å². The van der Waals surface area contributed by atoms with Crippen molar-refractivity contribution in [3.8, 4) is 0 Å². The number of likely N-dealkylation sites (tertiary alicyclic amines) is 1. The Morgan fingerprint density at radius 1 is 0.957 bits per heavy atom. The van der Waals surface area contributed by atoms with E-state index in [1.54, 1.807) is 0 Å². The fraction of sp³-hybridized carbons (Fsp3) is 0.933. The van der Waals surface area contributed by atoms with Crippen molar-refractivity contribution < 1.29 is 14.7 Å². The van der Waals surface area contributed by atoms with E-state index in [0.717, 1.165) is 52.4 Å². The molecule has 0 unspecified atom stereocenters. The first-order chi connectivity index (χ1) is 11.1. The molecule has 2 fully saturated rings. The Morgan fingerprint density at radius 3 is 2.26 bits per heavy atom. The van der Waals surface area contributed by atoms with Crippen LogP contribution in [-0.4, -0.2) is 84.7 Å². The summed E-state index contributed by atoms with van der Waals surface area (Å²) in [4.78, 5) is 33.2. The fourth-order valence-corrected chi connectivity index (χ4v) is 3.24. The van der Waals surface area contributed by atoms with Gasteiger partial charge in [0, 0.05) is 45.7 Å². The number of carbonyl (C=O) groups excluding carboxylic acids is 1. The van der Waals surface area contributed by atoms with Gasteiger partial charge >= 0.3 is 0 Å². The minimum atomic E-state index is -0.751. The second kappa shape index (κ2) is 9.67. The van der Waals surface area contributed by atoms with Crippen LogP contribution >= 0.6 is 0 Å². The molecule has 0 aromatic heterocycles. The standard InChI is InChI=1S/C15H28N4O4/c20-15(5-9-16-6-2-1-3-7-16)18-12-10-17(11-13-18)8-4-14-23-19(21)22/h1-14H2. The van der Waals surface area contributed by atoms with E-state index < -0.39 is 5.09 Å². The van der Waals surface area contributed by atoms with E-state index in [9.17, 15) is 14.9 Å². The molecule has 2 heterocycles. The third-order valence-corrected chi connectivity index (χ3v) is 4.63. The van der Waals surface area contributed by atoms with Crippen LogP contribution in [0.2, 0.25) is 0 Å². The average molecular weight is 328 g/mol. The summed E-state index contributed by atoms with van der Waals surface area (Å²) in [7, 11) is 0. The third kappa shape index (κ3) is 6.70. The van der Waals surface area contributed by atoms with Gasteiger partial charge < -0.3 is 14.6 Å². The van der Waals surface area contributed by atoms with Crippen molar-refractivity contribution in [2.45, 2.75) is 32.1 Å². The average Bonchev–Trinajstić information content (AvgIpc) is 2.58. The molecule has 0 N–H and O–H groups in total. The molecule has 2 aliphatic heterocycles. The zero-order valence-electron chi connectivity index (χ0n) is 13.8. The number of amides is 1. The number of hydrogen-bond donors (Lipinski definition) is 0. The van der Waals surface area contributed by atoms with Crippen molar-refractivity contribution in [1.29, 1.82) is 0 Å². The molecule has 8 nitrogen and oxygen atoms in total. The van der Waals surface area contributed by atoms with E-state index in [0.29, 0.717) is 12.8 Å². The summed E-state index contributed by atoms with van der Waals surface area (Å²) in [5.41, 5.74) is 0. The molecule has 1 amide bonds. The lowest BCUT2D eigenvalue weighted by molar-refractivity contribution is -0.757. The zero-order chi connectivity index (χ0) is 16.5. The van der Waals surface area contributed by atoms with Crippen LogP contribution in [0, 0.1) is 10.1 Å². The fourth-order valence-electron chi connectivity index (χ4n) is 3.24. The van der Waals surface area contributed by atoms with Crippen LogP contribution in [0.3, 0.4) is 0 Å². The van der Waals surface area contributed by atoms with Crippen molar-refractivity contribution in [3.63, 3.8) is 0 Å². The second-order valence-corrected chi connectivity index (χ2v) is 6.29. The quantitative estimate of drug-likeness (QED) is 0.369. The van der Waals surface area contributed by atoms with E-state index in [1.165, 1.54) is 19.3 Å². The number of carbonyl (C=O) groups is 1. The topological polar surface area (TPSA) is 79.2 Å². The van der Waals surface area contributed by atoms with Gasteiger partial charge in [-0.25, -0.2) is 0 Å². The third-order valence-electron chi connectivity index (χ3n) is 4.63. The van der Waals surface area contributed by atoms with E-state index in [-0.39, 0.29) is 12.5 Å². The van der Waals surface area contributed by atoms with Crippen molar-refractivity contribution in [3.05, 3.63) is 10.1 Å². The van der Waals surface area contributed by atoms with Crippen LogP contribution in [-0.2, 0) is 9.63 Å². The molecule has 0 radical (unpaired) electrons. The Hall–Kier alpha value is -1.41. The van der Waals surface area contributed by atoms with Gasteiger partial charge in [-0.1, -0.05) is 6.42 Å². The predicted octanol–water partition coefficient (Wildman–Crippen LogP) is 0.605. The van der Waals surface area contributed by atoms with Crippen LogP contribution < -0.4 is 0 Å². The van der Waals surface area contributed by atoms with Gasteiger partial charge in [0.25, 0.3) is 5.09 Å². The Bertz CT molecular complexity index is 380. The monoisotopic (exact) mass is 328 g/mol. The number of piperazine rings is 1. The molecule has 8 heteroatoms. The van der Waals surface area contributed by atoms with Gasteiger partial charge in [-0.05, 0) is 32.4 Å². The maximum atomic E-state index is 12.3. The minimum absolute atomic E-state index is 0.141. The van der Waals surface area contributed by atoms with Gasteiger partial charge in [0.2, 0.25) is 5.91 Å². The van der Waals surface area contributed by atoms with Crippen LogP contribution in [0.15, 0.2) is 0 Å². The van der Waals surface area contributed by atoms with Gasteiger partial charge in [-0.3, -0.25) is 9.69 Å². The number of piperidine rings is 1. The molecule has 23 heavy (non-hydrogen) atoms. The molecule has 0 spiro atoms. The highest BCUT2D eigenvalue weighted by Crippen LogP contribution is 2.10. The highest BCUT2D eigenvalue weighted by molar-refractivity contribution is 5.76. The first-order valence-electron chi connectivity index (χ1n) is 8.65. The van der Waals surface area contributed by atoms with Crippen molar-refractivity contribution in [2.75, 3.05) is 59.0 Å². The summed E-state index contributed by atoms with van der Waals surface area (Å²) < 4.78 is 0. The van der Waals surface area contributed by atoms with Crippen LogP contribution in [0.5, 0.6) is 0 Å². The molecule has 0 atom stereocenters. The molecule has 132 valence electrons. The SMILES string of the molecule is O=C(CCN1CCCCC1)N1CCN(CCCO[N+](=O)[O-])CC1. The van der Waals surface area contributed by atoms with E-state index in [1.807, 2.05) is 4.90 Å². The molecule has 2 saturated heterocycles. The Morgan fingerprint density at radius 2 is 1.61 bits per heavy atom. The maximum absolute atomic E-state index is 12.3. The van der Waals surface area contributed by atoms with Crippen molar-refractivity contribution in [1.82, 2.24) is 14.7 Å². The number of hydrogen-bond acceptors (Lipinski definition) is 6. The molecule has 2 rings (SSSR count). The normalized spacial score (nSPS) is 20.4. The highest BCUT2D eigenvalue weighted by atomic mass is 16.9. The summed E-state index contributed by atoms with van der Waals surface area (Å²) in [6, 6.07) is 0. The van der Waals surface area contributed by atoms with Gasteiger partial charge in [-0.2, -0.15) is 0 Å². The van der Waals surface area contributed by atoms with Gasteiger partial charge in [-0.15, -0.1) is 10.1 Å². The van der Waals surface area contributed by atoms with Crippen LogP contribution in [0.4, 0.5) is 0 Å². The van der Waals surface area contributed by atoms with E-state index in [4.69, 9.17) is 0 Å². The molecule has 0 bridgehead atoms. The minimum Gasteiger partial charge on any atom is -0.340 e. The first-order valence-corrected chi connectivity index (χ1v) is 8.65. The molecule has 0 saturated carbocycles. The largest absolute Gasteiger partial charge is 0.340 e. The lowest BCUT2D eigenvalue weighted by atomic mass is 10.1. The zero-order valence-corrected chi connectivity index (χ0v) is 13.8. The summed E-state index contributed by atoms with van der Waals surface area (Å²) >= 11 is 0. The Labute approximate surface area is 137 Å². The summed E-state index contributed by atoms with van der Waals surface area (Å²) in [6.45, 7) is 7.27. The van der Waals surface area contributed by atoms with E-state index >= 15 is 0 Å². The van der Waals surface area contributed by atoms with Gasteiger partial charge in [0.05, 0.1) is 6.61 Å². The summed E-state index contributed by atoms with van der Waals surface area (Å²) in [5, 5.41) is 9.32. The van der Waals surface area contributed by atoms with Crippen LogP contribution in [0.25, 0.3) is 0 Å². The highest BCUT2D eigenvalue weighted by Gasteiger charge is 2.21. The molecule has 0 aromatic rings.